The van der Waals surface area contributed by atoms with E-state index in [-0.39, 0.29) is 18.4 Å². The van der Waals surface area contributed by atoms with Gasteiger partial charge < -0.3 is 14.3 Å². The Kier molecular flexibility index (Phi) is 4.90. The summed E-state index contributed by atoms with van der Waals surface area (Å²) in [6.07, 6.45) is 3.29. The molecule has 1 unspecified atom stereocenters. The van der Waals surface area contributed by atoms with Gasteiger partial charge in [0.15, 0.2) is 11.6 Å². The van der Waals surface area contributed by atoms with E-state index in [0.29, 0.717) is 40.0 Å². The zero-order valence-corrected chi connectivity index (χ0v) is 17.6. The van der Waals surface area contributed by atoms with Crippen LogP contribution in [0.4, 0.5) is 11.6 Å². The highest BCUT2D eigenvalue weighted by Crippen LogP contribution is 2.57. The van der Waals surface area contributed by atoms with Crippen LogP contribution in [0.15, 0.2) is 46.2 Å². The average Bonchev–Trinajstić information content (AvgIpc) is 3.11. The molecule has 0 spiro atoms. The van der Waals surface area contributed by atoms with E-state index in [0.717, 1.165) is 18.9 Å². The molecule has 2 fully saturated rings. The van der Waals surface area contributed by atoms with Gasteiger partial charge in [0, 0.05) is 43.5 Å². The molecule has 158 valence electrons. The first-order chi connectivity index (χ1) is 15.0. The topological polar surface area (TPSA) is 101 Å². The highest BCUT2D eigenvalue weighted by molar-refractivity contribution is 6.30. The molecule has 1 saturated carbocycles. The first kappa shape index (κ1) is 19.6. The molecular formula is C21H20ClN7O2. The van der Waals surface area contributed by atoms with Crippen molar-refractivity contribution in [1.29, 1.82) is 0 Å². The summed E-state index contributed by atoms with van der Waals surface area (Å²) in [5.74, 6) is 3.31. The number of halogens is 1. The van der Waals surface area contributed by atoms with Crippen LogP contribution in [0.5, 0.6) is 0 Å². The number of nitrogens with zero attached hydrogens (tertiary/aromatic N) is 7. The summed E-state index contributed by atoms with van der Waals surface area (Å²) in [6, 6.07) is 7.02. The number of carbonyl (C=O) groups excluding carboxylic acids is 1. The van der Waals surface area contributed by atoms with E-state index in [2.05, 4.69) is 36.7 Å². The van der Waals surface area contributed by atoms with Crippen molar-refractivity contribution in [2.45, 2.75) is 12.5 Å². The molecule has 3 aromatic rings. The van der Waals surface area contributed by atoms with Gasteiger partial charge in [0.2, 0.25) is 5.89 Å². The van der Waals surface area contributed by atoms with Crippen molar-refractivity contribution in [2.75, 3.05) is 25.0 Å². The molecule has 1 aliphatic heterocycles. The molecule has 0 aromatic carbocycles. The van der Waals surface area contributed by atoms with Gasteiger partial charge in [-0.3, -0.25) is 4.79 Å². The molecule has 9 nitrogen and oxygen atoms in total. The van der Waals surface area contributed by atoms with E-state index in [1.54, 1.807) is 37.6 Å². The summed E-state index contributed by atoms with van der Waals surface area (Å²) < 4.78 is 5.42. The van der Waals surface area contributed by atoms with Gasteiger partial charge >= 0.3 is 0 Å². The lowest BCUT2D eigenvalue weighted by Gasteiger charge is -2.20. The molecule has 1 amide bonds. The minimum atomic E-state index is -0.233. The van der Waals surface area contributed by atoms with Gasteiger partial charge in [-0.2, -0.15) is 4.98 Å². The molecular weight excluding hydrogens is 418 g/mol. The summed E-state index contributed by atoms with van der Waals surface area (Å²) in [7, 11) is 1.67. The number of fused-ring (bicyclic) bond motifs is 1. The molecule has 0 bridgehead atoms. The van der Waals surface area contributed by atoms with Gasteiger partial charge in [-0.25, -0.2) is 15.0 Å². The number of hydrogen-bond acceptors (Lipinski definition) is 8. The Balaban J connectivity index is 1.21. The highest BCUT2D eigenvalue weighted by Gasteiger charge is 2.58. The Labute approximate surface area is 183 Å². The molecule has 1 saturated heterocycles. The van der Waals surface area contributed by atoms with Crippen LogP contribution in [0.1, 0.15) is 28.0 Å². The molecule has 31 heavy (non-hydrogen) atoms. The number of piperidine rings is 1. The van der Waals surface area contributed by atoms with E-state index in [4.69, 9.17) is 16.1 Å². The van der Waals surface area contributed by atoms with Gasteiger partial charge in [0.1, 0.15) is 5.82 Å². The summed E-state index contributed by atoms with van der Waals surface area (Å²) in [5.41, 5.74) is 0.381. The summed E-state index contributed by atoms with van der Waals surface area (Å²) in [5, 5.41) is 4.86. The molecule has 3 aromatic heterocycles. The van der Waals surface area contributed by atoms with E-state index in [1.807, 2.05) is 6.07 Å². The minimum Gasteiger partial charge on any atom is -0.356 e. The lowest BCUT2D eigenvalue weighted by Crippen LogP contribution is -2.26. The maximum atomic E-state index is 12.7. The third kappa shape index (κ3) is 3.65. The second-order valence-electron chi connectivity index (χ2n) is 7.83. The fraction of sp³-hybridized carbons (Fsp3) is 0.333. The molecule has 5 rings (SSSR count). The van der Waals surface area contributed by atoms with Crippen LogP contribution in [0.2, 0.25) is 5.02 Å². The predicted octanol–water partition coefficient (Wildman–Crippen LogP) is 2.97. The van der Waals surface area contributed by atoms with Crippen LogP contribution in [0.25, 0.3) is 0 Å². The normalized spacial score (nSPS) is 21.6. The van der Waals surface area contributed by atoms with Gasteiger partial charge in [0.05, 0.1) is 12.1 Å². The van der Waals surface area contributed by atoms with Crippen molar-refractivity contribution in [3.63, 3.8) is 0 Å². The largest absolute Gasteiger partial charge is 0.356 e. The number of anilines is 1. The fourth-order valence-corrected chi connectivity index (χ4v) is 4.45. The number of carbonyl (C=O) groups is 1. The summed E-state index contributed by atoms with van der Waals surface area (Å²) in [6.45, 7) is 5.46. The standard InChI is InChI=1S/C21H20ClN7O2/c1-23-19-13(4-3-6-25-19)21(30)28(2)11-17-26-20(27-31-17)18-14-9-29(10-15(14)18)16-8-12(22)5-7-24-16/h3-8,14-15,18H,1,9-11H2,2H3/t14-,15+,18?. The Morgan fingerprint density at radius 3 is 2.87 bits per heavy atom. The van der Waals surface area contributed by atoms with Crippen LogP contribution < -0.4 is 4.90 Å². The van der Waals surface area contributed by atoms with E-state index in [1.165, 1.54) is 4.90 Å². The van der Waals surface area contributed by atoms with Gasteiger partial charge in [0.25, 0.3) is 5.91 Å². The Morgan fingerprint density at radius 1 is 1.32 bits per heavy atom. The quantitative estimate of drug-likeness (QED) is 0.546. The first-order valence-electron chi connectivity index (χ1n) is 9.91. The highest BCUT2D eigenvalue weighted by atomic mass is 35.5. The molecule has 0 radical (unpaired) electrons. The van der Waals surface area contributed by atoms with Crippen molar-refractivity contribution in [3.8, 4) is 0 Å². The predicted molar refractivity (Wildman–Crippen MR) is 115 cm³/mol. The smallest absolute Gasteiger partial charge is 0.257 e. The number of pyridine rings is 2. The lowest BCUT2D eigenvalue weighted by atomic mass is 10.2. The molecule has 10 heteroatoms. The second kappa shape index (κ2) is 7.73. The number of aliphatic imine (C=N–C) groups is 1. The van der Waals surface area contributed by atoms with E-state index >= 15 is 0 Å². The van der Waals surface area contributed by atoms with Crippen LogP contribution in [0.3, 0.4) is 0 Å². The van der Waals surface area contributed by atoms with Gasteiger partial charge in [-0.15, -0.1) is 0 Å². The second-order valence-corrected chi connectivity index (χ2v) is 8.27. The Hall–Kier alpha value is -3.33. The number of hydrogen-bond donors (Lipinski definition) is 0. The molecule has 0 N–H and O–H groups in total. The third-order valence-corrected chi connectivity index (χ3v) is 6.13. The Bertz CT molecular complexity index is 1140. The van der Waals surface area contributed by atoms with Crippen molar-refractivity contribution >= 4 is 35.9 Å². The van der Waals surface area contributed by atoms with Crippen LogP contribution in [-0.4, -0.2) is 57.8 Å². The van der Waals surface area contributed by atoms with E-state index in [9.17, 15) is 4.79 Å². The molecule has 4 heterocycles. The van der Waals surface area contributed by atoms with Crippen molar-refractivity contribution in [3.05, 3.63) is 59.0 Å². The van der Waals surface area contributed by atoms with E-state index < -0.39 is 0 Å². The summed E-state index contributed by atoms with van der Waals surface area (Å²) in [4.78, 5) is 33.3. The maximum Gasteiger partial charge on any atom is 0.257 e. The zero-order valence-electron chi connectivity index (χ0n) is 16.8. The summed E-state index contributed by atoms with van der Waals surface area (Å²) >= 11 is 6.08. The van der Waals surface area contributed by atoms with Gasteiger partial charge in [-0.05, 0) is 42.8 Å². The van der Waals surface area contributed by atoms with Crippen molar-refractivity contribution in [2.24, 2.45) is 16.8 Å². The lowest BCUT2D eigenvalue weighted by molar-refractivity contribution is 0.0770. The minimum absolute atomic E-state index is 0.206. The van der Waals surface area contributed by atoms with Crippen molar-refractivity contribution < 1.29 is 9.32 Å². The fourth-order valence-electron chi connectivity index (χ4n) is 4.30. The third-order valence-electron chi connectivity index (χ3n) is 5.89. The van der Waals surface area contributed by atoms with Crippen molar-refractivity contribution in [1.82, 2.24) is 25.0 Å². The number of amides is 1. The molecule has 2 aliphatic rings. The Morgan fingerprint density at radius 2 is 2.13 bits per heavy atom. The molecule has 3 atom stereocenters. The van der Waals surface area contributed by atoms with Crippen LogP contribution >= 0.6 is 11.6 Å². The zero-order chi connectivity index (χ0) is 21.5. The van der Waals surface area contributed by atoms with Gasteiger partial charge in [-0.1, -0.05) is 16.8 Å². The van der Waals surface area contributed by atoms with Crippen LogP contribution in [-0.2, 0) is 6.54 Å². The maximum absolute atomic E-state index is 12.7. The average molecular weight is 438 g/mol. The number of aromatic nitrogens is 4. The molecule has 1 aliphatic carbocycles. The first-order valence-corrected chi connectivity index (χ1v) is 10.3. The monoisotopic (exact) mass is 437 g/mol. The SMILES string of the molecule is C=Nc1ncccc1C(=O)N(C)Cc1nc(C2[C@H]3CN(c4cc(Cl)ccn4)C[C@@H]23)no1. The van der Waals surface area contributed by atoms with Crippen LogP contribution in [0, 0.1) is 11.8 Å². The number of rotatable bonds is 6.